The third-order valence-electron chi connectivity index (χ3n) is 2.23. The number of carbonyl (C=O) groups is 2. The molecular formula is C10H4O2Se2. The first-order valence-electron chi connectivity index (χ1n) is 4.03. The Morgan fingerprint density at radius 3 is 1.64 bits per heavy atom. The number of rotatable bonds is 0. The van der Waals surface area contributed by atoms with E-state index in [0.29, 0.717) is 11.1 Å². The molecule has 0 spiro atoms. The van der Waals surface area contributed by atoms with Crippen LogP contribution in [0.3, 0.4) is 0 Å². The van der Waals surface area contributed by atoms with Gasteiger partial charge in [-0.25, -0.2) is 0 Å². The SMILES string of the molecule is O=C1c2cc[se]c2C(=O)c2cc[se]c21. The van der Waals surface area contributed by atoms with E-state index in [2.05, 4.69) is 0 Å². The summed E-state index contributed by atoms with van der Waals surface area (Å²) in [5, 5.41) is 0. The zero-order valence-corrected chi connectivity index (χ0v) is 10.4. The summed E-state index contributed by atoms with van der Waals surface area (Å²) in [7, 11) is 0. The van der Waals surface area contributed by atoms with Crippen molar-refractivity contribution in [3.05, 3.63) is 42.0 Å². The van der Waals surface area contributed by atoms with Crippen LogP contribution in [0.1, 0.15) is 29.6 Å². The fraction of sp³-hybridized carbons (Fsp3) is 0. The second-order valence-corrected chi connectivity index (χ2v) is 6.83. The van der Waals surface area contributed by atoms with Crippen LogP contribution in [0.2, 0.25) is 0 Å². The molecular weight excluding hydrogens is 310 g/mol. The monoisotopic (exact) mass is 316 g/mol. The van der Waals surface area contributed by atoms with Gasteiger partial charge >= 0.3 is 92.2 Å². The van der Waals surface area contributed by atoms with Gasteiger partial charge in [-0.1, -0.05) is 0 Å². The van der Waals surface area contributed by atoms with Crippen LogP contribution in [-0.2, 0) is 0 Å². The van der Waals surface area contributed by atoms with Gasteiger partial charge in [-0.3, -0.25) is 0 Å². The van der Waals surface area contributed by atoms with Crippen LogP contribution in [0.4, 0.5) is 0 Å². The molecule has 0 aliphatic heterocycles. The molecule has 2 heterocycles. The van der Waals surface area contributed by atoms with Crippen molar-refractivity contribution in [1.29, 1.82) is 0 Å². The predicted molar refractivity (Wildman–Crippen MR) is 53.6 cm³/mol. The van der Waals surface area contributed by atoms with Crippen LogP contribution >= 0.6 is 0 Å². The van der Waals surface area contributed by atoms with Crippen LogP contribution in [0.25, 0.3) is 0 Å². The van der Waals surface area contributed by atoms with Gasteiger partial charge in [0, 0.05) is 0 Å². The Hall–Kier alpha value is -0.661. The molecule has 2 aromatic rings. The molecule has 0 amide bonds. The van der Waals surface area contributed by atoms with Gasteiger partial charge in [-0.2, -0.15) is 0 Å². The molecule has 0 bridgehead atoms. The number of fused-ring (bicyclic) bond motifs is 2. The first-order chi connectivity index (χ1) is 6.79. The van der Waals surface area contributed by atoms with Crippen molar-refractivity contribution in [2.45, 2.75) is 0 Å². The molecule has 68 valence electrons. The van der Waals surface area contributed by atoms with Crippen molar-refractivity contribution in [3.63, 3.8) is 0 Å². The molecule has 0 fully saturated rings. The summed E-state index contributed by atoms with van der Waals surface area (Å²) < 4.78 is 1.51. The summed E-state index contributed by atoms with van der Waals surface area (Å²) in [4.78, 5) is 27.7. The van der Waals surface area contributed by atoms with Crippen LogP contribution in [0, 0.1) is 0 Å². The molecule has 0 aromatic carbocycles. The fourth-order valence-electron chi connectivity index (χ4n) is 1.57. The van der Waals surface area contributed by atoms with Crippen molar-refractivity contribution < 1.29 is 9.59 Å². The normalized spacial score (nSPS) is 14.0. The first kappa shape index (κ1) is 8.63. The Kier molecular flexibility index (Phi) is 1.80. The molecule has 1 aliphatic rings. The molecule has 0 radical (unpaired) electrons. The second-order valence-electron chi connectivity index (χ2n) is 2.99. The van der Waals surface area contributed by atoms with E-state index in [9.17, 15) is 9.59 Å². The predicted octanol–water partition coefficient (Wildman–Crippen LogP) is 0.576. The van der Waals surface area contributed by atoms with E-state index in [0.717, 1.165) is 8.87 Å². The molecule has 14 heavy (non-hydrogen) atoms. The summed E-state index contributed by atoms with van der Waals surface area (Å²) in [5.41, 5.74) is 1.33. The zero-order chi connectivity index (χ0) is 9.71. The maximum absolute atomic E-state index is 11.9. The van der Waals surface area contributed by atoms with Gasteiger partial charge in [0.25, 0.3) is 0 Å². The Morgan fingerprint density at radius 2 is 1.21 bits per heavy atom. The number of hydrogen-bond acceptors (Lipinski definition) is 2. The van der Waals surface area contributed by atoms with Gasteiger partial charge in [0.15, 0.2) is 0 Å². The van der Waals surface area contributed by atoms with E-state index in [1.54, 1.807) is 0 Å². The number of hydrogen-bond donors (Lipinski definition) is 0. The topological polar surface area (TPSA) is 34.1 Å². The van der Waals surface area contributed by atoms with Crippen LogP contribution in [0.5, 0.6) is 0 Å². The number of ketones is 2. The summed E-state index contributed by atoms with van der Waals surface area (Å²) >= 11 is 0.147. The van der Waals surface area contributed by atoms with Crippen LogP contribution < -0.4 is 0 Å². The number of carbonyl (C=O) groups excluding carboxylic acids is 2. The molecule has 4 heteroatoms. The molecule has 0 N–H and O–H groups in total. The van der Waals surface area contributed by atoms with E-state index in [-0.39, 0.29) is 40.6 Å². The maximum atomic E-state index is 11.9. The van der Waals surface area contributed by atoms with Gasteiger partial charge in [0.1, 0.15) is 0 Å². The minimum atomic E-state index is 0.0734. The Labute approximate surface area is 92.1 Å². The average molecular weight is 314 g/mol. The van der Waals surface area contributed by atoms with Crippen molar-refractivity contribution in [3.8, 4) is 0 Å². The standard InChI is InChI=1S/C10H4O2Se2/c11-7-5-1-3-13-9(5)8(12)6-2-4-14-10(6)7/h1-4H. The Morgan fingerprint density at radius 1 is 0.786 bits per heavy atom. The Balaban J connectivity index is 2.37. The third kappa shape index (κ3) is 0.971. The van der Waals surface area contributed by atoms with Gasteiger partial charge in [0.2, 0.25) is 0 Å². The van der Waals surface area contributed by atoms with Gasteiger partial charge in [-0.15, -0.1) is 0 Å². The molecule has 0 unspecified atom stereocenters. The molecule has 0 saturated carbocycles. The van der Waals surface area contributed by atoms with Crippen LogP contribution in [0.15, 0.2) is 22.0 Å². The second kappa shape index (κ2) is 2.91. The summed E-state index contributed by atoms with van der Waals surface area (Å²) in [6, 6.07) is 3.63. The average Bonchev–Trinajstić information content (AvgIpc) is 2.82. The van der Waals surface area contributed by atoms with E-state index < -0.39 is 0 Å². The van der Waals surface area contributed by atoms with Gasteiger partial charge in [-0.05, 0) is 0 Å². The molecule has 0 atom stereocenters. The zero-order valence-electron chi connectivity index (χ0n) is 6.94. The third-order valence-corrected chi connectivity index (χ3v) is 6.06. The van der Waals surface area contributed by atoms with Crippen molar-refractivity contribution in [2.24, 2.45) is 0 Å². The minimum absolute atomic E-state index is 0.0734. The quantitative estimate of drug-likeness (QED) is 0.569. The van der Waals surface area contributed by atoms with Crippen molar-refractivity contribution in [1.82, 2.24) is 0 Å². The van der Waals surface area contributed by atoms with E-state index in [1.807, 2.05) is 22.0 Å². The summed E-state index contributed by atoms with van der Waals surface area (Å²) in [6.45, 7) is 0. The van der Waals surface area contributed by atoms with E-state index >= 15 is 0 Å². The van der Waals surface area contributed by atoms with Gasteiger partial charge in [0.05, 0.1) is 0 Å². The Bertz CT molecular complexity index is 457. The summed E-state index contributed by atoms with van der Waals surface area (Å²) in [6.07, 6.45) is 0. The van der Waals surface area contributed by atoms with Crippen molar-refractivity contribution >= 4 is 40.6 Å². The fourth-order valence-corrected chi connectivity index (χ4v) is 5.12. The van der Waals surface area contributed by atoms with E-state index in [1.165, 1.54) is 0 Å². The van der Waals surface area contributed by atoms with Gasteiger partial charge < -0.3 is 0 Å². The molecule has 3 rings (SSSR count). The molecule has 1 aliphatic carbocycles. The summed E-state index contributed by atoms with van der Waals surface area (Å²) in [5.74, 6) is 0.186. The van der Waals surface area contributed by atoms with Crippen LogP contribution in [-0.4, -0.2) is 40.6 Å². The molecule has 0 saturated heterocycles. The molecule has 2 nitrogen and oxygen atoms in total. The van der Waals surface area contributed by atoms with Crippen molar-refractivity contribution in [2.75, 3.05) is 0 Å². The molecule has 2 aromatic heterocycles. The first-order valence-corrected chi connectivity index (χ1v) is 7.72. The van der Waals surface area contributed by atoms with E-state index in [4.69, 9.17) is 0 Å².